The van der Waals surface area contributed by atoms with E-state index < -0.39 is 0 Å². The van der Waals surface area contributed by atoms with Crippen LogP contribution in [0.3, 0.4) is 0 Å². The Morgan fingerprint density at radius 3 is 2.64 bits per heavy atom. The van der Waals surface area contributed by atoms with Crippen molar-refractivity contribution in [1.82, 2.24) is 4.90 Å². The molecule has 0 spiro atoms. The number of likely N-dealkylation sites (N-methyl/N-ethyl adjacent to an activating group) is 1. The van der Waals surface area contributed by atoms with E-state index in [0.717, 1.165) is 18.8 Å². The van der Waals surface area contributed by atoms with Gasteiger partial charge in [-0.15, -0.1) is 0 Å². The number of nitrogens with zero attached hydrogens (tertiary/aromatic N) is 1. The van der Waals surface area contributed by atoms with E-state index in [-0.39, 0.29) is 0 Å². The van der Waals surface area contributed by atoms with Gasteiger partial charge in [-0.2, -0.15) is 0 Å². The minimum atomic E-state index is 0.357. The lowest BCUT2D eigenvalue weighted by molar-refractivity contribution is -0.124. The van der Waals surface area contributed by atoms with Crippen molar-refractivity contribution < 1.29 is 4.79 Å². The van der Waals surface area contributed by atoms with E-state index in [2.05, 4.69) is 6.92 Å². The highest BCUT2D eigenvalue weighted by Gasteiger charge is 2.25. The van der Waals surface area contributed by atoms with Crippen LogP contribution in [0, 0.1) is 11.8 Å². The molecule has 0 aromatic heterocycles. The van der Waals surface area contributed by atoms with Gasteiger partial charge in [-0.25, -0.2) is 0 Å². The van der Waals surface area contributed by atoms with Crippen molar-refractivity contribution >= 4 is 5.78 Å². The molecular formula is C12H23NO. The predicted octanol–water partition coefficient (Wildman–Crippen LogP) is 2.33. The van der Waals surface area contributed by atoms with Gasteiger partial charge in [0.15, 0.2) is 0 Å². The number of carbonyl (C=O) groups is 1. The Balaban J connectivity index is 2.39. The molecule has 14 heavy (non-hydrogen) atoms. The molecule has 2 heteroatoms. The van der Waals surface area contributed by atoms with Crippen LogP contribution in [-0.2, 0) is 4.79 Å². The van der Waals surface area contributed by atoms with Crippen molar-refractivity contribution in [2.75, 3.05) is 20.6 Å². The van der Waals surface area contributed by atoms with E-state index in [1.54, 1.807) is 0 Å². The first-order valence-electron chi connectivity index (χ1n) is 5.81. The summed E-state index contributed by atoms with van der Waals surface area (Å²) in [4.78, 5) is 13.8. The largest absolute Gasteiger partial charge is 0.302 e. The number of carbonyl (C=O) groups excluding carboxylic acids is 1. The van der Waals surface area contributed by atoms with Crippen molar-refractivity contribution in [2.24, 2.45) is 11.8 Å². The molecule has 82 valence electrons. The van der Waals surface area contributed by atoms with E-state index >= 15 is 0 Å². The van der Waals surface area contributed by atoms with Gasteiger partial charge in [-0.1, -0.05) is 26.2 Å². The zero-order chi connectivity index (χ0) is 10.6. The quantitative estimate of drug-likeness (QED) is 0.689. The van der Waals surface area contributed by atoms with Crippen LogP contribution in [0.5, 0.6) is 0 Å². The van der Waals surface area contributed by atoms with Gasteiger partial charge >= 0.3 is 0 Å². The Morgan fingerprint density at radius 2 is 2.07 bits per heavy atom. The van der Waals surface area contributed by atoms with Crippen LogP contribution in [0.2, 0.25) is 0 Å². The molecule has 0 heterocycles. The minimum Gasteiger partial charge on any atom is -0.302 e. The highest BCUT2D eigenvalue weighted by molar-refractivity contribution is 5.83. The molecule has 1 aliphatic rings. The van der Waals surface area contributed by atoms with Crippen molar-refractivity contribution in [1.29, 1.82) is 0 Å². The van der Waals surface area contributed by atoms with Gasteiger partial charge in [0.25, 0.3) is 0 Å². The number of rotatable bonds is 4. The van der Waals surface area contributed by atoms with Crippen LogP contribution in [0.15, 0.2) is 0 Å². The van der Waals surface area contributed by atoms with E-state index in [1.807, 2.05) is 19.0 Å². The van der Waals surface area contributed by atoms with Gasteiger partial charge in [-0.05, 0) is 32.9 Å². The molecular weight excluding hydrogens is 174 g/mol. The van der Waals surface area contributed by atoms with Crippen LogP contribution >= 0.6 is 0 Å². The molecule has 0 aromatic carbocycles. The Hall–Kier alpha value is -0.370. The number of Topliss-reactive ketones (excluding diaryl/α,β-unsaturated/α-hetero) is 1. The first kappa shape index (κ1) is 11.7. The van der Waals surface area contributed by atoms with Crippen LogP contribution in [0.1, 0.15) is 39.0 Å². The second-order valence-electron chi connectivity index (χ2n) is 4.84. The standard InChI is InChI=1S/C12H23NO/c1-4-10-6-5-7-11(8-10)12(14)9-13(2)3/h10-11H,4-9H2,1-3H3. The van der Waals surface area contributed by atoms with Crippen LogP contribution in [0.4, 0.5) is 0 Å². The third kappa shape index (κ3) is 3.41. The zero-order valence-corrected chi connectivity index (χ0v) is 9.75. The lowest BCUT2D eigenvalue weighted by Crippen LogP contribution is -2.30. The Bertz CT molecular complexity index is 189. The van der Waals surface area contributed by atoms with Gasteiger partial charge in [0.05, 0.1) is 6.54 Å². The number of ketones is 1. The predicted molar refractivity (Wildman–Crippen MR) is 59.3 cm³/mol. The summed E-state index contributed by atoms with van der Waals surface area (Å²) in [7, 11) is 3.94. The molecule has 0 N–H and O–H groups in total. The smallest absolute Gasteiger partial charge is 0.149 e. The summed E-state index contributed by atoms with van der Waals surface area (Å²) in [5.74, 6) is 1.61. The molecule has 0 aliphatic heterocycles. The van der Waals surface area contributed by atoms with E-state index in [1.165, 1.54) is 19.3 Å². The second-order valence-corrected chi connectivity index (χ2v) is 4.84. The first-order chi connectivity index (χ1) is 6.63. The number of hydrogen-bond acceptors (Lipinski definition) is 2. The third-order valence-electron chi connectivity index (χ3n) is 3.29. The van der Waals surface area contributed by atoms with Crippen molar-refractivity contribution in [3.63, 3.8) is 0 Å². The van der Waals surface area contributed by atoms with Gasteiger partial charge in [-0.3, -0.25) is 4.79 Å². The van der Waals surface area contributed by atoms with E-state index in [0.29, 0.717) is 18.2 Å². The summed E-state index contributed by atoms with van der Waals surface area (Å²) in [5, 5.41) is 0. The second kappa shape index (κ2) is 5.50. The van der Waals surface area contributed by atoms with Gasteiger partial charge < -0.3 is 4.90 Å². The molecule has 2 atom stereocenters. The molecule has 1 fully saturated rings. The molecule has 0 saturated heterocycles. The highest BCUT2D eigenvalue weighted by atomic mass is 16.1. The highest BCUT2D eigenvalue weighted by Crippen LogP contribution is 2.31. The maximum absolute atomic E-state index is 11.8. The molecule has 0 radical (unpaired) electrons. The maximum atomic E-state index is 11.8. The fourth-order valence-corrected chi connectivity index (χ4v) is 2.39. The number of hydrogen-bond donors (Lipinski definition) is 0. The molecule has 0 amide bonds. The third-order valence-corrected chi connectivity index (χ3v) is 3.29. The van der Waals surface area contributed by atoms with Crippen molar-refractivity contribution in [3.05, 3.63) is 0 Å². The zero-order valence-electron chi connectivity index (χ0n) is 9.75. The van der Waals surface area contributed by atoms with Crippen LogP contribution in [-0.4, -0.2) is 31.3 Å². The molecule has 2 nitrogen and oxygen atoms in total. The Kier molecular flexibility index (Phi) is 4.59. The molecule has 2 unspecified atom stereocenters. The summed E-state index contributed by atoms with van der Waals surface area (Å²) in [6.45, 7) is 2.87. The van der Waals surface area contributed by atoms with E-state index in [9.17, 15) is 4.79 Å². The topological polar surface area (TPSA) is 20.3 Å². The fraction of sp³-hybridized carbons (Fsp3) is 0.917. The van der Waals surface area contributed by atoms with Gasteiger partial charge in [0.1, 0.15) is 5.78 Å². The van der Waals surface area contributed by atoms with Gasteiger partial charge in [0.2, 0.25) is 0 Å². The summed E-state index contributed by atoms with van der Waals surface area (Å²) in [6.07, 6.45) is 6.10. The molecule has 0 bridgehead atoms. The maximum Gasteiger partial charge on any atom is 0.149 e. The monoisotopic (exact) mass is 197 g/mol. The van der Waals surface area contributed by atoms with Crippen LogP contribution < -0.4 is 0 Å². The minimum absolute atomic E-state index is 0.357. The molecule has 1 saturated carbocycles. The Labute approximate surface area is 87.7 Å². The first-order valence-corrected chi connectivity index (χ1v) is 5.81. The average molecular weight is 197 g/mol. The van der Waals surface area contributed by atoms with E-state index in [4.69, 9.17) is 0 Å². The fourth-order valence-electron chi connectivity index (χ4n) is 2.39. The van der Waals surface area contributed by atoms with Crippen molar-refractivity contribution in [3.8, 4) is 0 Å². The normalized spacial score (nSPS) is 28.0. The lowest BCUT2D eigenvalue weighted by atomic mass is 9.78. The Morgan fingerprint density at radius 1 is 1.36 bits per heavy atom. The lowest BCUT2D eigenvalue weighted by Gasteiger charge is -2.28. The molecule has 0 aromatic rings. The summed E-state index contributed by atoms with van der Waals surface area (Å²) in [5.41, 5.74) is 0. The SMILES string of the molecule is CCC1CCCC(C(=O)CN(C)C)C1. The average Bonchev–Trinajstić information content (AvgIpc) is 2.17. The van der Waals surface area contributed by atoms with Crippen molar-refractivity contribution in [2.45, 2.75) is 39.0 Å². The van der Waals surface area contributed by atoms with Crippen LogP contribution in [0.25, 0.3) is 0 Å². The summed E-state index contributed by atoms with van der Waals surface area (Å²) < 4.78 is 0. The molecule has 1 rings (SSSR count). The summed E-state index contributed by atoms with van der Waals surface area (Å²) in [6, 6.07) is 0. The summed E-state index contributed by atoms with van der Waals surface area (Å²) >= 11 is 0. The molecule has 1 aliphatic carbocycles. The van der Waals surface area contributed by atoms with Gasteiger partial charge in [0, 0.05) is 5.92 Å².